The van der Waals surface area contributed by atoms with Gasteiger partial charge in [-0.15, -0.1) is 0 Å². The van der Waals surface area contributed by atoms with Crippen LogP contribution in [0.5, 0.6) is 0 Å². The van der Waals surface area contributed by atoms with Gasteiger partial charge in [-0.05, 0) is 56.1 Å². The Bertz CT molecular complexity index is 992. The number of ketones is 1. The van der Waals surface area contributed by atoms with E-state index in [1.807, 2.05) is 13.0 Å². The van der Waals surface area contributed by atoms with Gasteiger partial charge in [0.15, 0.2) is 11.6 Å². The first-order chi connectivity index (χ1) is 14.7. The zero-order valence-electron chi connectivity index (χ0n) is 17.9. The molecule has 7 atom stereocenters. The summed E-state index contributed by atoms with van der Waals surface area (Å²) in [6.07, 6.45) is 12.2. The molecule has 4 aliphatic rings. The van der Waals surface area contributed by atoms with E-state index in [4.69, 9.17) is 0 Å². The van der Waals surface area contributed by atoms with Crippen LogP contribution >= 0.6 is 0 Å². The molecular weight excluding hydrogens is 394 g/mol. The van der Waals surface area contributed by atoms with Crippen molar-refractivity contribution in [1.82, 2.24) is 9.97 Å². The maximum Gasteiger partial charge on any atom is 0.258 e. The molecule has 0 radical (unpaired) electrons. The molecule has 1 heterocycles. The van der Waals surface area contributed by atoms with Gasteiger partial charge in [0, 0.05) is 29.1 Å². The normalized spacial score (nSPS) is 43.5. The molecule has 3 N–H and O–H groups in total. The summed E-state index contributed by atoms with van der Waals surface area (Å²) in [5.74, 6) is 0.0981. The van der Waals surface area contributed by atoms with E-state index in [9.17, 15) is 19.8 Å². The molecule has 3 fully saturated rings. The number of hydrogen-bond acceptors (Lipinski definition) is 6. The van der Waals surface area contributed by atoms with E-state index in [0.717, 1.165) is 24.8 Å². The van der Waals surface area contributed by atoms with Gasteiger partial charge in [-0.25, -0.2) is 4.98 Å². The Morgan fingerprint density at radius 1 is 1.26 bits per heavy atom. The second-order valence-corrected chi connectivity index (χ2v) is 10.2. The number of amides is 1. The molecule has 5 rings (SSSR count). The smallest absolute Gasteiger partial charge is 0.258 e. The Kier molecular flexibility index (Phi) is 4.51. The van der Waals surface area contributed by atoms with Crippen molar-refractivity contribution in [3.05, 3.63) is 42.4 Å². The average Bonchev–Trinajstić information content (AvgIpc) is 3.00. The predicted octanol–water partition coefficient (Wildman–Crippen LogP) is 2.42. The van der Waals surface area contributed by atoms with Crippen LogP contribution in [-0.4, -0.2) is 43.6 Å². The van der Waals surface area contributed by atoms with Crippen molar-refractivity contribution < 1.29 is 19.8 Å². The van der Waals surface area contributed by atoms with Crippen molar-refractivity contribution in [2.24, 2.45) is 28.6 Å². The Morgan fingerprint density at radius 3 is 2.81 bits per heavy atom. The Hall–Kier alpha value is -2.38. The third-order valence-electron chi connectivity index (χ3n) is 8.83. The van der Waals surface area contributed by atoms with Crippen LogP contribution in [0, 0.1) is 28.6 Å². The van der Waals surface area contributed by atoms with Crippen LogP contribution in [0.25, 0.3) is 0 Å². The quantitative estimate of drug-likeness (QED) is 0.673. The third-order valence-corrected chi connectivity index (χ3v) is 8.83. The van der Waals surface area contributed by atoms with Gasteiger partial charge in [-0.2, -0.15) is 0 Å². The molecule has 1 amide bonds. The van der Waals surface area contributed by atoms with Gasteiger partial charge >= 0.3 is 0 Å². The number of hydrogen-bond donors (Lipinski definition) is 3. The number of aromatic nitrogens is 2. The first kappa shape index (κ1) is 20.5. The molecule has 0 spiro atoms. The highest BCUT2D eigenvalue weighted by Gasteiger charge is 2.68. The molecule has 7 nitrogen and oxygen atoms in total. The lowest BCUT2D eigenvalue weighted by Gasteiger charge is -2.59. The minimum absolute atomic E-state index is 0.0111. The maximum absolute atomic E-state index is 13.2. The van der Waals surface area contributed by atoms with E-state index in [1.165, 1.54) is 18.6 Å². The van der Waals surface area contributed by atoms with Crippen LogP contribution in [0.4, 0.5) is 5.82 Å². The van der Waals surface area contributed by atoms with Gasteiger partial charge in [0.1, 0.15) is 5.60 Å². The molecule has 1 aromatic rings. The summed E-state index contributed by atoms with van der Waals surface area (Å²) >= 11 is 0. The molecule has 0 bridgehead atoms. The monoisotopic (exact) mass is 423 g/mol. The van der Waals surface area contributed by atoms with E-state index >= 15 is 0 Å². The SMILES string of the molecule is CC12C=CC(=O)C=C1CCC1C2[C@@H](O)CC2(C)C1CC[C@]2(O)C(=O)Nc1cnccn1. The largest absolute Gasteiger partial charge is 0.393 e. The van der Waals surface area contributed by atoms with Crippen molar-refractivity contribution in [1.29, 1.82) is 0 Å². The molecule has 0 aromatic carbocycles. The van der Waals surface area contributed by atoms with Crippen molar-refractivity contribution in [2.75, 3.05) is 5.32 Å². The molecule has 1 aromatic heterocycles. The molecule has 3 saturated carbocycles. The second-order valence-electron chi connectivity index (χ2n) is 10.2. The molecule has 0 aliphatic heterocycles. The summed E-state index contributed by atoms with van der Waals surface area (Å²) in [7, 11) is 0. The van der Waals surface area contributed by atoms with Crippen LogP contribution in [-0.2, 0) is 9.59 Å². The lowest BCUT2D eigenvalue weighted by molar-refractivity contribution is -0.174. The maximum atomic E-state index is 13.2. The second kappa shape index (κ2) is 6.81. The highest BCUT2D eigenvalue weighted by atomic mass is 16.3. The molecule has 164 valence electrons. The molecule has 31 heavy (non-hydrogen) atoms. The number of carbonyl (C=O) groups is 2. The van der Waals surface area contributed by atoms with E-state index in [-0.39, 0.29) is 29.0 Å². The van der Waals surface area contributed by atoms with E-state index in [1.54, 1.807) is 12.2 Å². The number of aliphatic hydroxyl groups is 2. The summed E-state index contributed by atoms with van der Waals surface area (Å²) < 4.78 is 0. The summed E-state index contributed by atoms with van der Waals surface area (Å²) in [5.41, 5.74) is -1.60. The van der Waals surface area contributed by atoms with Crippen LogP contribution in [0.1, 0.15) is 46.0 Å². The Morgan fingerprint density at radius 2 is 2.06 bits per heavy atom. The highest BCUT2D eigenvalue weighted by molar-refractivity contribution is 6.01. The first-order valence-corrected chi connectivity index (χ1v) is 11.1. The third kappa shape index (κ3) is 2.79. The number of carbonyl (C=O) groups excluding carboxylic acids is 2. The zero-order chi connectivity index (χ0) is 22.0. The standard InChI is InChI=1S/C24H29N3O4/c1-22-7-5-15(28)11-14(22)3-4-16-17-6-8-24(31,23(17,2)12-18(29)20(16)22)21(30)27-19-13-25-9-10-26-19/h5,7,9-11,13,16-18,20,29,31H,3-4,6,8,12H2,1-2H3,(H,26,27,30)/t16?,17?,18-,20?,22?,23?,24-/m0/s1. The predicted molar refractivity (Wildman–Crippen MR) is 114 cm³/mol. The van der Waals surface area contributed by atoms with Crippen LogP contribution in [0.2, 0.25) is 0 Å². The summed E-state index contributed by atoms with van der Waals surface area (Å²) in [4.78, 5) is 33.2. The van der Waals surface area contributed by atoms with Gasteiger partial charge in [0.2, 0.25) is 0 Å². The van der Waals surface area contributed by atoms with Crippen LogP contribution < -0.4 is 5.32 Å². The van der Waals surface area contributed by atoms with E-state index < -0.39 is 23.0 Å². The lowest BCUT2D eigenvalue weighted by atomic mass is 9.46. The fourth-order valence-corrected chi connectivity index (χ4v) is 7.29. The zero-order valence-corrected chi connectivity index (χ0v) is 17.9. The summed E-state index contributed by atoms with van der Waals surface area (Å²) in [6, 6.07) is 0. The molecule has 5 unspecified atom stereocenters. The number of fused-ring (bicyclic) bond motifs is 5. The molecule has 0 saturated heterocycles. The highest BCUT2D eigenvalue weighted by Crippen LogP contribution is 2.67. The minimum atomic E-state index is -1.59. The fourth-order valence-electron chi connectivity index (χ4n) is 7.29. The number of nitrogens with zero attached hydrogens (tertiary/aromatic N) is 2. The average molecular weight is 424 g/mol. The fraction of sp³-hybridized carbons (Fsp3) is 0.583. The Balaban J connectivity index is 1.47. The van der Waals surface area contributed by atoms with Crippen LogP contribution in [0.3, 0.4) is 0 Å². The van der Waals surface area contributed by atoms with E-state index in [2.05, 4.69) is 22.2 Å². The lowest BCUT2D eigenvalue weighted by Crippen LogP contribution is -2.62. The molecule has 4 aliphatic carbocycles. The Labute approximate surface area is 181 Å². The van der Waals surface area contributed by atoms with Crippen molar-refractivity contribution in [2.45, 2.75) is 57.7 Å². The van der Waals surface area contributed by atoms with Crippen molar-refractivity contribution >= 4 is 17.5 Å². The number of nitrogens with one attached hydrogen (secondary N) is 1. The number of allylic oxidation sites excluding steroid dienone is 4. The number of anilines is 1. The van der Waals surface area contributed by atoms with E-state index in [0.29, 0.717) is 18.7 Å². The molecular formula is C24H29N3O4. The number of aliphatic hydroxyl groups excluding tert-OH is 1. The van der Waals surface area contributed by atoms with Gasteiger partial charge in [-0.1, -0.05) is 25.5 Å². The van der Waals surface area contributed by atoms with Gasteiger partial charge in [0.05, 0.1) is 12.3 Å². The minimum Gasteiger partial charge on any atom is -0.393 e. The molecule has 7 heteroatoms. The van der Waals surface area contributed by atoms with Crippen molar-refractivity contribution in [3.63, 3.8) is 0 Å². The van der Waals surface area contributed by atoms with Crippen LogP contribution in [0.15, 0.2) is 42.4 Å². The van der Waals surface area contributed by atoms with Gasteiger partial charge in [0.25, 0.3) is 5.91 Å². The van der Waals surface area contributed by atoms with Crippen molar-refractivity contribution in [3.8, 4) is 0 Å². The summed E-state index contributed by atoms with van der Waals surface area (Å²) in [6.45, 7) is 4.07. The van der Waals surface area contributed by atoms with Gasteiger partial charge < -0.3 is 15.5 Å². The van der Waals surface area contributed by atoms with Gasteiger partial charge in [-0.3, -0.25) is 14.6 Å². The topological polar surface area (TPSA) is 112 Å². The summed E-state index contributed by atoms with van der Waals surface area (Å²) in [5, 5.41) is 25.8. The first-order valence-electron chi connectivity index (χ1n) is 11.1. The number of rotatable bonds is 2.